The topological polar surface area (TPSA) is 67.6 Å². The number of thioether (sulfide) groups is 1. The Morgan fingerprint density at radius 1 is 1.22 bits per heavy atom. The molecule has 2 amide bonds. The van der Waals surface area contributed by atoms with E-state index in [4.69, 9.17) is 4.42 Å². The van der Waals surface area contributed by atoms with Gasteiger partial charge in [0, 0.05) is 16.1 Å². The average Bonchev–Trinajstić information content (AvgIpc) is 3.12. The van der Waals surface area contributed by atoms with Gasteiger partial charge < -0.3 is 4.42 Å². The Kier molecular flexibility index (Phi) is 4.49. The molecule has 0 aliphatic carbocycles. The molecule has 5 nitrogen and oxygen atoms in total. The van der Waals surface area contributed by atoms with Crippen LogP contribution in [-0.4, -0.2) is 28.4 Å². The fraction of sp³-hybridized carbons (Fsp3) is 0.0625. The first kappa shape index (κ1) is 15.8. The molecule has 0 saturated carbocycles. The normalized spacial score (nSPS) is 16.4. The highest BCUT2D eigenvalue weighted by Gasteiger charge is 2.36. The standard InChI is InChI=1S/C16H10BrNO4S/c17-11-5-3-10(4-6-11)13(19)9-18-15(20)14(23-16(18)21)8-12-2-1-7-22-12/h1-8H,9H2/b14-8-. The van der Waals surface area contributed by atoms with Crippen molar-refractivity contribution in [3.8, 4) is 0 Å². The van der Waals surface area contributed by atoms with Crippen LogP contribution in [0.3, 0.4) is 0 Å². The Hall–Kier alpha value is -2.12. The summed E-state index contributed by atoms with van der Waals surface area (Å²) in [6.45, 7) is -0.276. The van der Waals surface area contributed by atoms with Gasteiger partial charge in [0.15, 0.2) is 5.78 Å². The number of carbonyl (C=O) groups is 3. The van der Waals surface area contributed by atoms with Crippen molar-refractivity contribution >= 4 is 50.7 Å². The van der Waals surface area contributed by atoms with E-state index in [1.165, 1.54) is 12.3 Å². The molecule has 23 heavy (non-hydrogen) atoms. The smallest absolute Gasteiger partial charge is 0.293 e. The van der Waals surface area contributed by atoms with Gasteiger partial charge >= 0.3 is 0 Å². The van der Waals surface area contributed by atoms with Crippen molar-refractivity contribution in [2.24, 2.45) is 0 Å². The van der Waals surface area contributed by atoms with E-state index in [1.807, 2.05) is 0 Å². The zero-order chi connectivity index (χ0) is 16.4. The molecule has 2 aromatic rings. The lowest BCUT2D eigenvalue weighted by Crippen LogP contribution is -2.33. The summed E-state index contributed by atoms with van der Waals surface area (Å²) in [5.41, 5.74) is 0.447. The third kappa shape index (κ3) is 3.46. The number of benzene rings is 1. The first-order valence-corrected chi connectivity index (χ1v) is 8.23. The predicted octanol–water partition coefficient (Wildman–Crippen LogP) is 3.96. The highest BCUT2D eigenvalue weighted by Crippen LogP contribution is 2.32. The molecule has 2 heterocycles. The van der Waals surface area contributed by atoms with E-state index in [0.717, 1.165) is 21.1 Å². The maximum absolute atomic E-state index is 12.3. The number of Topliss-reactive ketones (excluding diaryl/α,β-unsaturated/α-hetero) is 1. The highest BCUT2D eigenvalue weighted by atomic mass is 79.9. The van der Waals surface area contributed by atoms with E-state index in [-0.39, 0.29) is 17.2 Å². The Bertz CT molecular complexity index is 796. The number of rotatable bonds is 4. The van der Waals surface area contributed by atoms with Gasteiger partial charge in [-0.15, -0.1) is 0 Å². The average molecular weight is 392 g/mol. The molecule has 0 N–H and O–H groups in total. The Labute approximate surface area is 144 Å². The van der Waals surface area contributed by atoms with Gasteiger partial charge in [0.25, 0.3) is 11.1 Å². The van der Waals surface area contributed by atoms with Crippen LogP contribution in [0, 0.1) is 0 Å². The summed E-state index contributed by atoms with van der Waals surface area (Å²) in [6, 6.07) is 10.1. The lowest BCUT2D eigenvalue weighted by molar-refractivity contribution is -0.122. The molecule has 1 aliphatic heterocycles. The second-order valence-corrected chi connectivity index (χ2v) is 6.62. The van der Waals surface area contributed by atoms with E-state index in [1.54, 1.807) is 36.4 Å². The first-order valence-electron chi connectivity index (χ1n) is 6.62. The van der Waals surface area contributed by atoms with Gasteiger partial charge in [0.1, 0.15) is 5.76 Å². The Morgan fingerprint density at radius 3 is 2.61 bits per heavy atom. The number of imide groups is 1. The van der Waals surface area contributed by atoms with Crippen LogP contribution in [-0.2, 0) is 4.79 Å². The quantitative estimate of drug-likeness (QED) is 0.582. The summed E-state index contributed by atoms with van der Waals surface area (Å²) >= 11 is 4.09. The van der Waals surface area contributed by atoms with Crippen LogP contribution in [0.2, 0.25) is 0 Å². The second-order valence-electron chi connectivity index (χ2n) is 4.71. The summed E-state index contributed by atoms with van der Waals surface area (Å²) in [5, 5.41) is -0.460. The van der Waals surface area contributed by atoms with Gasteiger partial charge in [-0.25, -0.2) is 0 Å². The second kappa shape index (κ2) is 6.55. The molecular weight excluding hydrogens is 382 g/mol. The molecule has 3 rings (SSSR count). The fourth-order valence-corrected chi connectivity index (χ4v) is 3.09. The minimum atomic E-state index is -0.484. The summed E-state index contributed by atoms with van der Waals surface area (Å²) in [4.78, 5) is 37.7. The molecular formula is C16H10BrNO4S. The van der Waals surface area contributed by atoms with Crippen LogP contribution in [0.4, 0.5) is 4.79 Å². The van der Waals surface area contributed by atoms with Crippen LogP contribution in [0.1, 0.15) is 16.1 Å². The molecule has 1 fully saturated rings. The van der Waals surface area contributed by atoms with Crippen LogP contribution in [0.25, 0.3) is 6.08 Å². The van der Waals surface area contributed by atoms with Crippen molar-refractivity contribution < 1.29 is 18.8 Å². The van der Waals surface area contributed by atoms with Crippen LogP contribution in [0.5, 0.6) is 0 Å². The van der Waals surface area contributed by atoms with Crippen LogP contribution < -0.4 is 0 Å². The van der Waals surface area contributed by atoms with Gasteiger partial charge in [-0.05, 0) is 36.0 Å². The molecule has 1 aromatic heterocycles. The molecule has 0 radical (unpaired) electrons. The van der Waals surface area contributed by atoms with E-state index in [9.17, 15) is 14.4 Å². The third-order valence-corrected chi connectivity index (χ3v) is 4.59. The van der Waals surface area contributed by atoms with E-state index in [2.05, 4.69) is 15.9 Å². The fourth-order valence-electron chi connectivity index (χ4n) is 2.01. The number of nitrogens with zero attached hydrogens (tertiary/aromatic N) is 1. The number of amides is 2. The van der Waals surface area contributed by atoms with Crippen molar-refractivity contribution in [1.82, 2.24) is 4.90 Å². The number of carbonyl (C=O) groups excluding carboxylic acids is 3. The van der Waals surface area contributed by atoms with Crippen molar-refractivity contribution in [2.45, 2.75) is 0 Å². The minimum Gasteiger partial charge on any atom is -0.465 e. The number of ketones is 1. The molecule has 0 spiro atoms. The van der Waals surface area contributed by atoms with E-state index in [0.29, 0.717) is 11.3 Å². The van der Waals surface area contributed by atoms with E-state index >= 15 is 0 Å². The van der Waals surface area contributed by atoms with Crippen LogP contribution in [0.15, 0.2) is 56.5 Å². The molecule has 116 valence electrons. The van der Waals surface area contributed by atoms with E-state index < -0.39 is 11.1 Å². The first-order chi connectivity index (χ1) is 11.0. The van der Waals surface area contributed by atoms with Crippen LogP contribution >= 0.6 is 27.7 Å². The van der Waals surface area contributed by atoms with Gasteiger partial charge in [0.2, 0.25) is 0 Å². The van der Waals surface area contributed by atoms with Crippen molar-refractivity contribution in [1.29, 1.82) is 0 Å². The number of halogens is 1. The zero-order valence-electron chi connectivity index (χ0n) is 11.7. The molecule has 1 saturated heterocycles. The van der Waals surface area contributed by atoms with Crippen molar-refractivity contribution in [3.63, 3.8) is 0 Å². The van der Waals surface area contributed by atoms with Crippen molar-refractivity contribution in [3.05, 3.63) is 63.4 Å². The molecule has 0 bridgehead atoms. The van der Waals surface area contributed by atoms with Crippen molar-refractivity contribution in [2.75, 3.05) is 6.54 Å². The lowest BCUT2D eigenvalue weighted by atomic mass is 10.1. The summed E-state index contributed by atoms with van der Waals surface area (Å²) in [6.07, 6.45) is 2.97. The largest absolute Gasteiger partial charge is 0.465 e. The maximum Gasteiger partial charge on any atom is 0.293 e. The molecule has 1 aromatic carbocycles. The summed E-state index contributed by atoms with van der Waals surface area (Å²) < 4.78 is 5.98. The third-order valence-electron chi connectivity index (χ3n) is 3.16. The SMILES string of the molecule is O=C(CN1C(=O)S/C(=C\c2ccco2)C1=O)c1ccc(Br)cc1. The number of hydrogen-bond acceptors (Lipinski definition) is 5. The van der Waals surface area contributed by atoms with Gasteiger partial charge in [-0.1, -0.05) is 28.1 Å². The summed E-state index contributed by atoms with van der Waals surface area (Å²) in [7, 11) is 0. The minimum absolute atomic E-state index is 0.244. The molecule has 0 unspecified atom stereocenters. The molecule has 1 aliphatic rings. The molecule has 7 heteroatoms. The van der Waals surface area contributed by atoms with Gasteiger partial charge in [-0.3, -0.25) is 19.3 Å². The molecule has 0 atom stereocenters. The van der Waals surface area contributed by atoms with Gasteiger partial charge in [0.05, 0.1) is 17.7 Å². The Balaban J connectivity index is 1.75. The summed E-state index contributed by atoms with van der Waals surface area (Å²) in [5.74, 6) is -0.296. The predicted molar refractivity (Wildman–Crippen MR) is 89.9 cm³/mol. The number of furan rings is 1. The monoisotopic (exact) mass is 391 g/mol. The zero-order valence-corrected chi connectivity index (χ0v) is 14.1. The Morgan fingerprint density at radius 2 is 1.96 bits per heavy atom. The highest BCUT2D eigenvalue weighted by molar-refractivity contribution is 9.10. The maximum atomic E-state index is 12.3. The van der Waals surface area contributed by atoms with Gasteiger partial charge in [-0.2, -0.15) is 0 Å². The lowest BCUT2D eigenvalue weighted by Gasteiger charge is -2.11. The number of hydrogen-bond donors (Lipinski definition) is 0.